The highest BCUT2D eigenvalue weighted by molar-refractivity contribution is 7.80. The first-order valence-corrected chi connectivity index (χ1v) is 4.41. The van der Waals surface area contributed by atoms with Gasteiger partial charge in [-0.3, -0.25) is 4.79 Å². The van der Waals surface area contributed by atoms with Crippen LogP contribution in [-0.2, 0) is 11.3 Å². The smallest absolute Gasteiger partial charge is 0.227 e. The fourth-order valence-electron chi connectivity index (χ4n) is 0.838. The molecule has 74 valence electrons. The van der Waals surface area contributed by atoms with Crippen LogP contribution in [0.25, 0.3) is 0 Å². The number of aromatic nitrogens is 2. The highest BCUT2D eigenvalue weighted by Crippen LogP contribution is 1.90. The molecule has 0 aliphatic heterocycles. The summed E-state index contributed by atoms with van der Waals surface area (Å²) in [4.78, 5) is 11.3. The Kier molecular flexibility index (Phi) is 3.93. The normalized spacial score (nSPS) is 9.43. The molecule has 14 heavy (non-hydrogen) atoms. The zero-order chi connectivity index (χ0) is 10.4. The van der Waals surface area contributed by atoms with Crippen molar-refractivity contribution < 1.29 is 4.79 Å². The average Bonchev–Trinajstić information content (AvgIpc) is 2.15. The van der Waals surface area contributed by atoms with Gasteiger partial charge in [-0.1, -0.05) is 12.2 Å². The van der Waals surface area contributed by atoms with Crippen molar-refractivity contribution in [1.82, 2.24) is 15.5 Å². The van der Waals surface area contributed by atoms with E-state index in [2.05, 4.69) is 27.7 Å². The molecule has 3 N–H and O–H groups in total. The Morgan fingerprint density at radius 3 is 3.00 bits per heavy atom. The standard InChI is InChI=1S/C8H10N4OS/c9-7(14)4-8(13)10-5-6-2-1-3-11-12-6/h1-3H,4-5H2,(H2,9,14)(H,10,13). The second kappa shape index (κ2) is 5.23. The zero-order valence-corrected chi connectivity index (χ0v) is 8.25. The van der Waals surface area contributed by atoms with Gasteiger partial charge in [0.25, 0.3) is 0 Å². The minimum atomic E-state index is -0.205. The summed E-state index contributed by atoms with van der Waals surface area (Å²) in [5, 5.41) is 10.1. The number of thiocarbonyl (C=S) groups is 1. The summed E-state index contributed by atoms with van der Waals surface area (Å²) < 4.78 is 0. The maximum atomic E-state index is 11.1. The van der Waals surface area contributed by atoms with E-state index in [1.165, 1.54) is 0 Å². The van der Waals surface area contributed by atoms with Gasteiger partial charge in [-0.15, -0.1) is 0 Å². The molecule has 6 heteroatoms. The van der Waals surface area contributed by atoms with Crippen molar-refractivity contribution in [3.63, 3.8) is 0 Å². The summed E-state index contributed by atoms with van der Waals surface area (Å²) >= 11 is 4.59. The Bertz CT molecular complexity index is 327. The van der Waals surface area contributed by atoms with Crippen molar-refractivity contribution in [3.05, 3.63) is 24.0 Å². The summed E-state index contributed by atoms with van der Waals surface area (Å²) in [5.41, 5.74) is 5.90. The molecule has 1 amide bonds. The summed E-state index contributed by atoms with van der Waals surface area (Å²) in [6, 6.07) is 3.52. The van der Waals surface area contributed by atoms with E-state index < -0.39 is 0 Å². The Hall–Kier alpha value is -1.56. The van der Waals surface area contributed by atoms with Crippen LogP contribution in [0.5, 0.6) is 0 Å². The van der Waals surface area contributed by atoms with Crippen molar-refractivity contribution >= 4 is 23.1 Å². The predicted molar refractivity (Wildman–Crippen MR) is 55.3 cm³/mol. The molecule has 0 aliphatic rings. The number of nitrogens with two attached hydrogens (primary N) is 1. The lowest BCUT2D eigenvalue weighted by atomic mass is 10.3. The van der Waals surface area contributed by atoms with Gasteiger partial charge < -0.3 is 11.1 Å². The van der Waals surface area contributed by atoms with E-state index in [1.54, 1.807) is 18.3 Å². The molecular formula is C8H10N4OS. The maximum Gasteiger partial charge on any atom is 0.227 e. The van der Waals surface area contributed by atoms with E-state index in [0.29, 0.717) is 12.2 Å². The van der Waals surface area contributed by atoms with Crippen molar-refractivity contribution in [2.45, 2.75) is 13.0 Å². The zero-order valence-electron chi connectivity index (χ0n) is 7.43. The monoisotopic (exact) mass is 210 g/mol. The lowest BCUT2D eigenvalue weighted by molar-refractivity contribution is -0.120. The molecule has 0 saturated heterocycles. The minimum absolute atomic E-state index is 0.0651. The number of nitrogens with zero attached hydrogens (tertiary/aromatic N) is 2. The van der Waals surface area contributed by atoms with Crippen molar-refractivity contribution in [3.8, 4) is 0 Å². The molecule has 0 bridgehead atoms. The van der Waals surface area contributed by atoms with Crippen LogP contribution in [0.4, 0.5) is 0 Å². The van der Waals surface area contributed by atoms with E-state index in [1.807, 2.05) is 0 Å². The second-order valence-corrected chi connectivity index (χ2v) is 3.16. The molecule has 1 rings (SSSR count). The van der Waals surface area contributed by atoms with Gasteiger partial charge in [0.1, 0.15) is 0 Å². The summed E-state index contributed by atoms with van der Waals surface area (Å²) in [5.74, 6) is -0.205. The van der Waals surface area contributed by atoms with Gasteiger partial charge in [0.2, 0.25) is 5.91 Å². The number of rotatable bonds is 4. The van der Waals surface area contributed by atoms with Crippen LogP contribution in [0.15, 0.2) is 18.3 Å². The second-order valence-electron chi connectivity index (χ2n) is 2.63. The van der Waals surface area contributed by atoms with Gasteiger partial charge in [0, 0.05) is 6.20 Å². The van der Waals surface area contributed by atoms with Crippen LogP contribution in [-0.4, -0.2) is 21.1 Å². The van der Waals surface area contributed by atoms with Crippen LogP contribution < -0.4 is 11.1 Å². The molecule has 1 aromatic heterocycles. The molecular weight excluding hydrogens is 200 g/mol. The highest BCUT2D eigenvalue weighted by atomic mass is 32.1. The van der Waals surface area contributed by atoms with Crippen molar-refractivity contribution in [2.75, 3.05) is 0 Å². The molecule has 0 unspecified atom stereocenters. The molecule has 0 radical (unpaired) electrons. The third-order valence-electron chi connectivity index (χ3n) is 1.43. The summed E-state index contributed by atoms with van der Waals surface area (Å²) in [6.07, 6.45) is 1.63. The largest absolute Gasteiger partial charge is 0.393 e. The first-order valence-electron chi connectivity index (χ1n) is 4.00. The van der Waals surface area contributed by atoms with Crippen LogP contribution >= 0.6 is 12.2 Å². The Morgan fingerprint density at radius 1 is 1.64 bits per heavy atom. The van der Waals surface area contributed by atoms with Gasteiger partial charge in [0.05, 0.1) is 23.6 Å². The van der Waals surface area contributed by atoms with E-state index in [4.69, 9.17) is 5.73 Å². The molecule has 1 aromatic rings. The first kappa shape index (κ1) is 10.5. The lowest BCUT2D eigenvalue weighted by Gasteiger charge is -2.02. The van der Waals surface area contributed by atoms with Gasteiger partial charge in [0.15, 0.2) is 0 Å². The van der Waals surface area contributed by atoms with Gasteiger partial charge in [-0.25, -0.2) is 0 Å². The molecule has 0 spiro atoms. The van der Waals surface area contributed by atoms with Crippen molar-refractivity contribution in [2.24, 2.45) is 5.73 Å². The lowest BCUT2D eigenvalue weighted by Crippen LogP contribution is -2.27. The van der Waals surface area contributed by atoms with Crippen molar-refractivity contribution in [1.29, 1.82) is 0 Å². The van der Waals surface area contributed by atoms with Gasteiger partial charge in [-0.2, -0.15) is 10.2 Å². The molecule has 0 aromatic carbocycles. The number of nitrogens with one attached hydrogen (secondary N) is 1. The number of carbonyl (C=O) groups excluding carboxylic acids is 1. The van der Waals surface area contributed by atoms with Crippen LogP contribution in [0.2, 0.25) is 0 Å². The molecule has 5 nitrogen and oxygen atoms in total. The first-order chi connectivity index (χ1) is 6.68. The Balaban J connectivity index is 2.34. The average molecular weight is 210 g/mol. The molecule has 1 heterocycles. The van der Waals surface area contributed by atoms with Crippen LogP contribution in [0.1, 0.15) is 12.1 Å². The van der Waals surface area contributed by atoms with Crippen LogP contribution in [0.3, 0.4) is 0 Å². The molecule has 0 aliphatic carbocycles. The van der Waals surface area contributed by atoms with E-state index >= 15 is 0 Å². The number of hydrogen-bond donors (Lipinski definition) is 2. The minimum Gasteiger partial charge on any atom is -0.393 e. The summed E-state index contributed by atoms with van der Waals surface area (Å²) in [7, 11) is 0. The van der Waals surface area contributed by atoms with E-state index in [-0.39, 0.29) is 17.3 Å². The number of carbonyl (C=O) groups is 1. The third-order valence-corrected chi connectivity index (χ3v) is 1.57. The quantitative estimate of drug-likeness (QED) is 0.671. The van der Waals surface area contributed by atoms with E-state index in [9.17, 15) is 4.79 Å². The SMILES string of the molecule is NC(=S)CC(=O)NCc1cccnn1. The summed E-state index contributed by atoms with van der Waals surface area (Å²) in [6.45, 7) is 0.343. The number of hydrogen-bond acceptors (Lipinski definition) is 4. The molecule has 0 saturated carbocycles. The predicted octanol–water partition coefficient (Wildman–Crippen LogP) is -0.231. The van der Waals surface area contributed by atoms with Crippen LogP contribution in [0, 0.1) is 0 Å². The topological polar surface area (TPSA) is 80.9 Å². The Morgan fingerprint density at radius 2 is 2.43 bits per heavy atom. The fourth-order valence-corrected chi connectivity index (χ4v) is 0.969. The number of amides is 1. The van der Waals surface area contributed by atoms with E-state index in [0.717, 1.165) is 0 Å². The molecule has 0 fully saturated rings. The third kappa shape index (κ3) is 3.90. The van der Waals surface area contributed by atoms with Gasteiger partial charge >= 0.3 is 0 Å². The Labute approximate surface area is 86.7 Å². The molecule has 0 atom stereocenters. The maximum absolute atomic E-state index is 11.1. The van der Waals surface area contributed by atoms with Gasteiger partial charge in [-0.05, 0) is 12.1 Å². The highest BCUT2D eigenvalue weighted by Gasteiger charge is 2.02. The fraction of sp³-hybridized carbons (Fsp3) is 0.250.